The minimum atomic E-state index is -4.83. The summed E-state index contributed by atoms with van der Waals surface area (Å²) < 4.78 is 50.3. The van der Waals surface area contributed by atoms with E-state index in [1.165, 1.54) is 48.4 Å². The molecule has 0 aliphatic carbocycles. The molecule has 0 aliphatic heterocycles. The Bertz CT molecular complexity index is 1370. The summed E-state index contributed by atoms with van der Waals surface area (Å²) in [5, 5.41) is 5.36. The molecule has 2 aromatic heterocycles. The first-order chi connectivity index (χ1) is 18.9. The topological polar surface area (TPSA) is 146 Å². The lowest BCUT2D eigenvalue weighted by atomic mass is 10.2. The van der Waals surface area contributed by atoms with Gasteiger partial charge in [-0.1, -0.05) is 0 Å². The van der Waals surface area contributed by atoms with E-state index in [0.717, 1.165) is 26.0 Å². The van der Waals surface area contributed by atoms with Crippen LogP contribution < -0.4 is 15.4 Å². The van der Waals surface area contributed by atoms with E-state index in [-0.39, 0.29) is 17.1 Å². The lowest BCUT2D eigenvalue weighted by Crippen LogP contribution is -2.35. The number of halogens is 3. The van der Waals surface area contributed by atoms with Gasteiger partial charge in [-0.15, -0.1) is 24.9 Å². The minimum Gasteiger partial charge on any atom is -0.416 e. The lowest BCUT2D eigenvalue weighted by Gasteiger charge is -2.16. The van der Waals surface area contributed by atoms with Crippen molar-refractivity contribution in [2.45, 2.75) is 37.3 Å². The average Bonchev–Trinajstić information content (AvgIpc) is 2.87. The van der Waals surface area contributed by atoms with Crippen LogP contribution >= 0.6 is 11.8 Å². The van der Waals surface area contributed by atoms with Gasteiger partial charge in [-0.05, 0) is 54.1 Å². The highest BCUT2D eigenvalue weighted by atomic mass is 32.2. The number of carbonyl (C=O) groups is 4. The molecule has 15 heteroatoms. The van der Waals surface area contributed by atoms with Crippen molar-refractivity contribution in [2.75, 3.05) is 10.6 Å². The molecule has 0 aliphatic rings. The Kier molecular flexibility index (Phi) is 10.0. The molecular formula is C25H21F3N4O7S. The van der Waals surface area contributed by atoms with E-state index >= 15 is 0 Å². The Morgan fingerprint density at radius 1 is 0.925 bits per heavy atom. The zero-order chi connectivity index (χ0) is 29.3. The monoisotopic (exact) mass is 578 g/mol. The molecule has 2 amide bonds. The fraction of sp³-hybridized carbons (Fsp3) is 0.200. The van der Waals surface area contributed by atoms with E-state index in [1.54, 1.807) is 12.1 Å². The van der Waals surface area contributed by atoms with Crippen LogP contribution in [0.5, 0.6) is 5.75 Å². The quantitative estimate of drug-likeness (QED) is 0.203. The highest BCUT2D eigenvalue weighted by Crippen LogP contribution is 2.27. The van der Waals surface area contributed by atoms with Crippen molar-refractivity contribution in [3.8, 4) is 5.75 Å². The van der Waals surface area contributed by atoms with Crippen molar-refractivity contribution in [1.82, 2.24) is 9.97 Å². The normalized spacial score (nSPS) is 10.9. The number of benzene rings is 1. The van der Waals surface area contributed by atoms with Gasteiger partial charge in [-0.3, -0.25) is 19.2 Å². The summed E-state index contributed by atoms with van der Waals surface area (Å²) in [4.78, 5) is 55.9. The van der Waals surface area contributed by atoms with E-state index in [2.05, 4.69) is 25.3 Å². The van der Waals surface area contributed by atoms with Crippen LogP contribution in [0, 0.1) is 0 Å². The van der Waals surface area contributed by atoms with Crippen molar-refractivity contribution >= 4 is 47.0 Å². The fourth-order valence-electron chi connectivity index (χ4n) is 3.02. The third-order valence-corrected chi connectivity index (χ3v) is 5.65. The maximum absolute atomic E-state index is 12.8. The van der Waals surface area contributed by atoms with Crippen molar-refractivity contribution in [3.05, 3.63) is 72.1 Å². The van der Waals surface area contributed by atoms with Crippen LogP contribution in [0.3, 0.4) is 0 Å². The Labute approximate surface area is 229 Å². The number of anilines is 2. The van der Waals surface area contributed by atoms with E-state index in [4.69, 9.17) is 9.47 Å². The highest BCUT2D eigenvalue weighted by Gasteiger charge is 2.31. The summed E-state index contributed by atoms with van der Waals surface area (Å²) >= 11 is 1.20. The van der Waals surface area contributed by atoms with Crippen LogP contribution in [-0.4, -0.2) is 46.4 Å². The summed E-state index contributed by atoms with van der Waals surface area (Å²) in [6.07, 6.45) is -3.72. The third kappa shape index (κ3) is 9.58. The Balaban J connectivity index is 1.65. The minimum absolute atomic E-state index is 0.0874. The molecule has 3 rings (SSSR count). The van der Waals surface area contributed by atoms with E-state index in [1.807, 2.05) is 0 Å². The van der Waals surface area contributed by atoms with Crippen molar-refractivity contribution < 1.29 is 46.6 Å². The smallest absolute Gasteiger partial charge is 0.416 e. The van der Waals surface area contributed by atoms with Gasteiger partial charge in [0.2, 0.25) is 0 Å². The van der Waals surface area contributed by atoms with Gasteiger partial charge in [0.05, 0.1) is 5.56 Å². The number of nitrogens with one attached hydrogen (secondary N) is 2. The summed E-state index contributed by atoms with van der Waals surface area (Å²) in [5.74, 6) is -3.17. The molecule has 0 fully saturated rings. The number of nitrogens with zero attached hydrogens (tertiary/aromatic N) is 2. The van der Waals surface area contributed by atoms with Gasteiger partial charge < -0.3 is 24.8 Å². The number of esters is 2. The second-order valence-electron chi connectivity index (χ2n) is 7.76. The third-order valence-electron chi connectivity index (χ3n) is 4.57. The van der Waals surface area contributed by atoms with Crippen LogP contribution in [0.1, 0.15) is 29.8 Å². The summed E-state index contributed by atoms with van der Waals surface area (Å²) in [7, 11) is 0. The van der Waals surface area contributed by atoms with Crippen LogP contribution in [-0.2, 0) is 29.6 Å². The molecule has 1 aromatic carbocycles. The first-order valence-electron chi connectivity index (χ1n) is 11.2. The number of pyridine rings is 2. The average molecular weight is 579 g/mol. The summed E-state index contributed by atoms with van der Waals surface area (Å²) in [6, 6.07) is 11.0. The van der Waals surface area contributed by atoms with E-state index in [9.17, 15) is 32.3 Å². The maximum atomic E-state index is 12.8. The van der Waals surface area contributed by atoms with Gasteiger partial charge >= 0.3 is 30.5 Å². The molecule has 0 saturated heterocycles. The molecule has 0 bridgehead atoms. The Hall–Kier alpha value is -4.66. The second-order valence-corrected chi connectivity index (χ2v) is 8.72. The van der Waals surface area contributed by atoms with Crippen molar-refractivity contribution in [2.24, 2.45) is 0 Å². The molecule has 40 heavy (non-hydrogen) atoms. The predicted octanol–water partition coefficient (Wildman–Crippen LogP) is 4.31. The maximum Gasteiger partial charge on any atom is 0.573 e. The predicted molar refractivity (Wildman–Crippen MR) is 135 cm³/mol. The lowest BCUT2D eigenvalue weighted by molar-refractivity contribution is -0.274. The molecule has 0 saturated carbocycles. The SMILES string of the molecule is CC(=O)OC(OC(C)=O)C(=O)Nc1cc(CSc2ncccc2C(=O)Nc2ccc(OC(F)(F)F)cc2)ccn1. The first kappa shape index (κ1) is 29.9. The molecule has 210 valence electrons. The zero-order valence-electron chi connectivity index (χ0n) is 20.9. The van der Waals surface area contributed by atoms with Gasteiger partial charge in [0.15, 0.2) is 0 Å². The Morgan fingerprint density at radius 2 is 1.60 bits per heavy atom. The van der Waals surface area contributed by atoms with Crippen LogP contribution in [0.2, 0.25) is 0 Å². The highest BCUT2D eigenvalue weighted by molar-refractivity contribution is 7.98. The number of ether oxygens (including phenoxy) is 3. The van der Waals surface area contributed by atoms with E-state index < -0.39 is 42.2 Å². The molecule has 11 nitrogen and oxygen atoms in total. The van der Waals surface area contributed by atoms with Crippen molar-refractivity contribution in [3.63, 3.8) is 0 Å². The van der Waals surface area contributed by atoms with Crippen molar-refractivity contribution in [1.29, 1.82) is 0 Å². The van der Waals surface area contributed by atoms with E-state index in [0.29, 0.717) is 16.3 Å². The number of amides is 2. The number of hydrogen-bond acceptors (Lipinski definition) is 10. The number of carbonyl (C=O) groups excluding carboxylic acids is 4. The number of alkyl halides is 3. The molecule has 2 heterocycles. The molecule has 2 N–H and O–H groups in total. The summed E-state index contributed by atoms with van der Waals surface area (Å²) in [6.45, 7) is 2.10. The molecule has 0 spiro atoms. The zero-order valence-corrected chi connectivity index (χ0v) is 21.7. The van der Waals surface area contributed by atoms with Crippen LogP contribution in [0.15, 0.2) is 66.0 Å². The van der Waals surface area contributed by atoms with Gasteiger partial charge in [-0.2, -0.15) is 0 Å². The molecule has 0 unspecified atom stereocenters. The van der Waals surface area contributed by atoms with Gasteiger partial charge in [0.25, 0.3) is 5.91 Å². The van der Waals surface area contributed by atoms with Gasteiger partial charge in [0.1, 0.15) is 16.6 Å². The fourth-order valence-corrected chi connectivity index (χ4v) is 3.95. The molecule has 3 aromatic rings. The summed E-state index contributed by atoms with van der Waals surface area (Å²) in [5.41, 5.74) is 1.13. The van der Waals surface area contributed by atoms with Gasteiger partial charge in [-0.25, -0.2) is 9.97 Å². The molecule has 0 radical (unpaired) electrons. The molecule has 0 atom stereocenters. The number of thioether (sulfide) groups is 1. The van der Waals surface area contributed by atoms with Crippen LogP contribution in [0.4, 0.5) is 24.7 Å². The molecular weight excluding hydrogens is 557 g/mol. The van der Waals surface area contributed by atoms with Gasteiger partial charge in [0, 0.05) is 37.7 Å². The first-order valence-corrected chi connectivity index (χ1v) is 12.2. The number of aromatic nitrogens is 2. The second kappa shape index (κ2) is 13.4. The number of hydrogen-bond donors (Lipinski definition) is 2. The largest absolute Gasteiger partial charge is 0.573 e. The number of rotatable bonds is 10. The van der Waals surface area contributed by atoms with Crippen LogP contribution in [0.25, 0.3) is 0 Å². The Morgan fingerprint density at radius 3 is 2.23 bits per heavy atom. The standard InChI is InChI=1S/C25H21F3N4O7S/c1-14(33)37-24(38-15(2)34)22(36)32-20-12-16(9-11-29-20)13-40-23-19(4-3-10-30-23)21(35)31-17-5-7-18(8-6-17)39-25(26,27)28/h3-12,24H,13H2,1-2H3,(H,31,35)(H,29,32,36).